The molecule has 0 radical (unpaired) electrons. The highest BCUT2D eigenvalue weighted by Gasteiger charge is 2.26. The Hall–Kier alpha value is -1.32. The van der Waals surface area contributed by atoms with Crippen LogP contribution >= 0.6 is 15.9 Å². The second kappa shape index (κ2) is 4.61. The fourth-order valence-electron chi connectivity index (χ4n) is 2.86. The molecule has 0 atom stereocenters. The van der Waals surface area contributed by atoms with Crippen LogP contribution in [0.25, 0.3) is 21.7 Å². The molecule has 0 aliphatic carbocycles. The topological polar surface area (TPSA) is 39.2 Å². The van der Waals surface area contributed by atoms with E-state index in [9.17, 15) is 0 Å². The molecule has 2 N–H and O–H groups in total. The molecule has 0 bridgehead atoms. The quantitative estimate of drug-likeness (QED) is 0.673. The van der Waals surface area contributed by atoms with Gasteiger partial charge in [-0.05, 0) is 38.2 Å². The first-order valence-corrected chi connectivity index (χ1v) is 7.56. The van der Waals surface area contributed by atoms with Crippen LogP contribution in [0.3, 0.4) is 0 Å². The summed E-state index contributed by atoms with van der Waals surface area (Å²) in [5, 5.41) is 3.53. The Balaban J connectivity index is 2.51. The van der Waals surface area contributed by atoms with E-state index in [0.717, 1.165) is 26.6 Å². The fraction of sp³-hybridized carbons (Fsp3) is 0.294. The number of hydrogen-bond acceptors (Lipinski definition) is 2. The molecule has 3 heteroatoms. The van der Waals surface area contributed by atoms with E-state index in [4.69, 9.17) is 10.2 Å². The summed E-state index contributed by atoms with van der Waals surface area (Å²) in [4.78, 5) is 0. The predicted octanol–water partition coefficient (Wildman–Crippen LogP) is 5.10. The van der Waals surface area contributed by atoms with Gasteiger partial charge in [0, 0.05) is 10.9 Å². The van der Waals surface area contributed by atoms with Crippen molar-refractivity contribution in [3.63, 3.8) is 0 Å². The largest absolute Gasteiger partial charge is 0.458 e. The van der Waals surface area contributed by atoms with Crippen molar-refractivity contribution in [3.05, 3.63) is 46.1 Å². The van der Waals surface area contributed by atoms with Crippen molar-refractivity contribution in [3.8, 4) is 0 Å². The minimum Gasteiger partial charge on any atom is -0.458 e. The molecule has 0 saturated carbocycles. The molecular weight excluding hydrogens is 314 g/mol. The van der Waals surface area contributed by atoms with Crippen molar-refractivity contribution >= 4 is 37.7 Å². The lowest BCUT2D eigenvalue weighted by atomic mass is 9.84. The molecular formula is C17H18BrNO. The predicted molar refractivity (Wildman–Crippen MR) is 88.0 cm³/mol. The molecule has 0 spiro atoms. The third-order valence-corrected chi connectivity index (χ3v) is 4.44. The third kappa shape index (κ3) is 1.97. The Labute approximate surface area is 127 Å². The van der Waals surface area contributed by atoms with E-state index in [0.29, 0.717) is 6.54 Å². The van der Waals surface area contributed by atoms with Crippen LogP contribution in [-0.2, 0) is 12.0 Å². The summed E-state index contributed by atoms with van der Waals surface area (Å²) in [7, 11) is 0. The van der Waals surface area contributed by atoms with Crippen LogP contribution in [0.5, 0.6) is 0 Å². The molecule has 0 saturated heterocycles. The number of nitrogens with two attached hydrogens (primary N) is 1. The lowest BCUT2D eigenvalue weighted by Gasteiger charge is -2.19. The van der Waals surface area contributed by atoms with E-state index >= 15 is 0 Å². The fourth-order valence-corrected chi connectivity index (χ4v) is 3.52. The molecule has 1 aromatic heterocycles. The van der Waals surface area contributed by atoms with E-state index in [1.165, 1.54) is 10.9 Å². The van der Waals surface area contributed by atoms with Crippen LogP contribution in [0.4, 0.5) is 0 Å². The normalized spacial score (nSPS) is 12.4. The molecule has 2 aromatic carbocycles. The van der Waals surface area contributed by atoms with E-state index in [1.54, 1.807) is 0 Å². The Kier molecular flexibility index (Phi) is 3.14. The van der Waals surface area contributed by atoms with Gasteiger partial charge in [-0.25, -0.2) is 0 Å². The molecule has 0 aliphatic heterocycles. The third-order valence-electron chi connectivity index (χ3n) is 3.65. The number of fused-ring (bicyclic) bond motifs is 2. The Morgan fingerprint density at radius 1 is 1.15 bits per heavy atom. The van der Waals surface area contributed by atoms with Gasteiger partial charge < -0.3 is 10.2 Å². The van der Waals surface area contributed by atoms with Gasteiger partial charge in [-0.15, -0.1) is 0 Å². The molecule has 2 nitrogen and oxygen atoms in total. The van der Waals surface area contributed by atoms with Gasteiger partial charge >= 0.3 is 0 Å². The van der Waals surface area contributed by atoms with E-state index in [-0.39, 0.29) is 5.41 Å². The maximum absolute atomic E-state index is 6.04. The lowest BCUT2D eigenvalue weighted by molar-refractivity contribution is 0.510. The van der Waals surface area contributed by atoms with E-state index in [1.807, 2.05) is 6.07 Å². The molecule has 3 aromatic rings. The number of halogens is 1. The maximum atomic E-state index is 6.04. The smallest absolute Gasteiger partial charge is 0.149 e. The summed E-state index contributed by atoms with van der Waals surface area (Å²) < 4.78 is 7.05. The first-order chi connectivity index (χ1) is 9.43. The van der Waals surface area contributed by atoms with Crippen LogP contribution < -0.4 is 5.73 Å². The first-order valence-electron chi connectivity index (χ1n) is 6.76. The molecule has 0 unspecified atom stereocenters. The number of furan rings is 1. The van der Waals surface area contributed by atoms with Gasteiger partial charge in [0.05, 0.1) is 11.0 Å². The minimum atomic E-state index is 0.00184. The Morgan fingerprint density at radius 3 is 2.50 bits per heavy atom. The zero-order chi connectivity index (χ0) is 14.5. The van der Waals surface area contributed by atoms with E-state index in [2.05, 4.69) is 61.0 Å². The highest BCUT2D eigenvalue weighted by molar-refractivity contribution is 9.10. The van der Waals surface area contributed by atoms with Crippen LogP contribution in [0.15, 0.2) is 39.2 Å². The molecule has 0 fully saturated rings. The van der Waals surface area contributed by atoms with Crippen LogP contribution in [0, 0.1) is 0 Å². The van der Waals surface area contributed by atoms with Crippen molar-refractivity contribution < 1.29 is 4.42 Å². The van der Waals surface area contributed by atoms with Crippen LogP contribution in [0.1, 0.15) is 32.1 Å². The Bertz CT molecular complexity index is 796. The van der Waals surface area contributed by atoms with Gasteiger partial charge in [-0.1, -0.05) is 45.0 Å². The molecule has 1 heterocycles. The summed E-state index contributed by atoms with van der Waals surface area (Å²) in [6.07, 6.45) is 0. The highest BCUT2D eigenvalue weighted by atomic mass is 79.9. The molecule has 0 aliphatic rings. The summed E-state index contributed by atoms with van der Waals surface area (Å²) in [5.41, 5.74) is 7.99. The van der Waals surface area contributed by atoms with Crippen molar-refractivity contribution in [2.75, 3.05) is 0 Å². The summed E-state index contributed by atoms with van der Waals surface area (Å²) in [5.74, 6) is 0.878. The number of rotatable bonds is 1. The highest BCUT2D eigenvalue weighted by Crippen LogP contribution is 2.41. The van der Waals surface area contributed by atoms with Crippen molar-refractivity contribution in [2.24, 2.45) is 5.73 Å². The van der Waals surface area contributed by atoms with E-state index < -0.39 is 0 Å². The van der Waals surface area contributed by atoms with Gasteiger partial charge in [0.25, 0.3) is 0 Å². The van der Waals surface area contributed by atoms with Crippen molar-refractivity contribution in [2.45, 2.75) is 32.7 Å². The van der Waals surface area contributed by atoms with Gasteiger partial charge in [0.2, 0.25) is 0 Å². The zero-order valence-corrected chi connectivity index (χ0v) is 13.5. The average molecular weight is 332 g/mol. The monoisotopic (exact) mass is 331 g/mol. The second-order valence-electron chi connectivity index (χ2n) is 6.14. The van der Waals surface area contributed by atoms with Crippen molar-refractivity contribution in [1.29, 1.82) is 0 Å². The number of benzene rings is 2. The molecule has 3 rings (SSSR count). The maximum Gasteiger partial charge on any atom is 0.149 e. The molecule has 0 amide bonds. The van der Waals surface area contributed by atoms with Gasteiger partial charge in [-0.3, -0.25) is 0 Å². The summed E-state index contributed by atoms with van der Waals surface area (Å²) >= 11 is 3.69. The summed E-state index contributed by atoms with van der Waals surface area (Å²) in [6.45, 7) is 7.00. The average Bonchev–Trinajstić information content (AvgIpc) is 2.77. The Morgan fingerprint density at radius 2 is 1.85 bits per heavy atom. The molecule has 104 valence electrons. The lowest BCUT2D eigenvalue weighted by Crippen LogP contribution is -2.14. The van der Waals surface area contributed by atoms with Crippen LogP contribution in [0.2, 0.25) is 0 Å². The standard InChI is InChI=1S/C17H18BrNO/c1-17(2,3)14-12-8-10-6-4-5-7-11(10)15(18)16(12)20-13(14)9-19/h4-8H,9,19H2,1-3H3. The van der Waals surface area contributed by atoms with Gasteiger partial charge in [0.1, 0.15) is 11.3 Å². The second-order valence-corrected chi connectivity index (χ2v) is 6.94. The van der Waals surface area contributed by atoms with Crippen LogP contribution in [-0.4, -0.2) is 0 Å². The van der Waals surface area contributed by atoms with Gasteiger partial charge in [-0.2, -0.15) is 0 Å². The molecule has 20 heavy (non-hydrogen) atoms. The first kappa shape index (κ1) is 13.7. The zero-order valence-electron chi connectivity index (χ0n) is 12.0. The van der Waals surface area contributed by atoms with Gasteiger partial charge in [0.15, 0.2) is 0 Å². The summed E-state index contributed by atoms with van der Waals surface area (Å²) in [6, 6.07) is 10.5. The van der Waals surface area contributed by atoms with Crippen molar-refractivity contribution in [1.82, 2.24) is 0 Å². The minimum absolute atomic E-state index is 0.00184. The SMILES string of the molecule is CC(C)(C)c1c(CN)oc2c(Br)c3ccccc3cc12. The number of hydrogen-bond donors (Lipinski definition) is 1.